The van der Waals surface area contributed by atoms with Gasteiger partial charge in [-0.3, -0.25) is 4.79 Å². The van der Waals surface area contributed by atoms with Gasteiger partial charge in [0, 0.05) is 30.5 Å². The van der Waals surface area contributed by atoms with Gasteiger partial charge in [0.15, 0.2) is 0 Å². The van der Waals surface area contributed by atoms with Gasteiger partial charge >= 0.3 is 6.18 Å². The van der Waals surface area contributed by atoms with E-state index >= 15 is 0 Å². The third-order valence-electron chi connectivity index (χ3n) is 4.24. The van der Waals surface area contributed by atoms with Crippen LogP contribution in [-0.2, 0) is 4.79 Å². The molecule has 0 bridgehead atoms. The SMILES string of the molecule is [N-]=[N+]=NCC1CC(=O)N(C2CCC(C(F)(F)F)CC2)C1. The average Bonchev–Trinajstić information content (AvgIpc) is 2.77. The van der Waals surface area contributed by atoms with Crippen molar-refractivity contribution in [2.24, 2.45) is 17.0 Å². The van der Waals surface area contributed by atoms with Crippen molar-refractivity contribution in [1.82, 2.24) is 4.90 Å². The summed E-state index contributed by atoms with van der Waals surface area (Å²) in [6.07, 6.45) is -2.78. The van der Waals surface area contributed by atoms with Gasteiger partial charge < -0.3 is 4.90 Å². The van der Waals surface area contributed by atoms with Crippen LogP contribution in [0.2, 0.25) is 0 Å². The molecule has 1 amide bonds. The molecule has 1 heterocycles. The van der Waals surface area contributed by atoms with Gasteiger partial charge in [-0.1, -0.05) is 5.11 Å². The Morgan fingerprint density at radius 2 is 1.95 bits per heavy atom. The summed E-state index contributed by atoms with van der Waals surface area (Å²) in [5, 5.41) is 3.47. The van der Waals surface area contributed by atoms with E-state index in [1.54, 1.807) is 4.90 Å². The van der Waals surface area contributed by atoms with Crippen LogP contribution in [0.25, 0.3) is 10.4 Å². The van der Waals surface area contributed by atoms with Gasteiger partial charge in [-0.2, -0.15) is 13.2 Å². The van der Waals surface area contributed by atoms with Crippen molar-refractivity contribution in [1.29, 1.82) is 0 Å². The quantitative estimate of drug-likeness (QED) is 0.447. The standard InChI is InChI=1S/C12H17F3N4O/c13-12(14,15)9-1-3-10(4-2-9)19-7-8(5-11(19)20)6-17-18-16/h8-10H,1-7H2. The maximum atomic E-state index is 12.6. The molecule has 1 aliphatic heterocycles. The minimum atomic E-state index is -4.12. The fraction of sp³-hybridized carbons (Fsp3) is 0.917. The minimum Gasteiger partial charge on any atom is -0.339 e. The van der Waals surface area contributed by atoms with Crippen LogP contribution < -0.4 is 0 Å². The topological polar surface area (TPSA) is 69.1 Å². The van der Waals surface area contributed by atoms with Crippen LogP contribution in [0.4, 0.5) is 13.2 Å². The van der Waals surface area contributed by atoms with E-state index in [0.717, 1.165) is 0 Å². The van der Waals surface area contributed by atoms with E-state index in [2.05, 4.69) is 10.0 Å². The molecule has 2 rings (SSSR count). The van der Waals surface area contributed by atoms with Gasteiger partial charge in [-0.15, -0.1) is 0 Å². The first-order valence-electron chi connectivity index (χ1n) is 6.79. The van der Waals surface area contributed by atoms with E-state index in [1.165, 1.54) is 0 Å². The van der Waals surface area contributed by atoms with Crippen molar-refractivity contribution in [2.75, 3.05) is 13.1 Å². The van der Waals surface area contributed by atoms with Crippen molar-refractivity contribution >= 4 is 5.91 Å². The minimum absolute atomic E-state index is 0.00117. The van der Waals surface area contributed by atoms with Crippen molar-refractivity contribution in [2.45, 2.75) is 44.3 Å². The molecule has 0 aromatic rings. The van der Waals surface area contributed by atoms with Crippen molar-refractivity contribution in [3.05, 3.63) is 10.4 Å². The number of carbonyl (C=O) groups excluding carboxylic acids is 1. The van der Waals surface area contributed by atoms with Crippen LogP contribution in [-0.4, -0.2) is 36.1 Å². The molecule has 8 heteroatoms. The molecule has 5 nitrogen and oxygen atoms in total. The fourth-order valence-corrected chi connectivity index (χ4v) is 3.15. The number of alkyl halides is 3. The predicted molar refractivity (Wildman–Crippen MR) is 65.6 cm³/mol. The van der Waals surface area contributed by atoms with E-state index in [0.29, 0.717) is 25.8 Å². The van der Waals surface area contributed by atoms with Gasteiger partial charge in [0.25, 0.3) is 0 Å². The lowest BCUT2D eigenvalue weighted by atomic mass is 9.85. The zero-order valence-corrected chi connectivity index (χ0v) is 11.0. The lowest BCUT2D eigenvalue weighted by Crippen LogP contribution is -2.41. The number of hydrogen-bond acceptors (Lipinski definition) is 2. The summed E-state index contributed by atoms with van der Waals surface area (Å²) in [6, 6.07) is -0.0860. The largest absolute Gasteiger partial charge is 0.391 e. The summed E-state index contributed by atoms with van der Waals surface area (Å²) in [5.41, 5.74) is 8.27. The Balaban J connectivity index is 1.88. The molecule has 2 fully saturated rings. The molecule has 0 N–H and O–H groups in total. The van der Waals surface area contributed by atoms with E-state index in [9.17, 15) is 18.0 Å². The van der Waals surface area contributed by atoms with Crippen LogP contribution in [0, 0.1) is 11.8 Å². The summed E-state index contributed by atoms with van der Waals surface area (Å²) in [6.45, 7) is 0.774. The molecular weight excluding hydrogens is 273 g/mol. The Hall–Kier alpha value is -1.43. The molecular formula is C12H17F3N4O. The third kappa shape index (κ3) is 3.36. The molecule has 1 atom stereocenters. The Morgan fingerprint density at radius 3 is 2.50 bits per heavy atom. The normalized spacial score (nSPS) is 31.2. The van der Waals surface area contributed by atoms with Crippen molar-refractivity contribution < 1.29 is 18.0 Å². The van der Waals surface area contributed by atoms with Gasteiger partial charge in [-0.05, 0) is 37.1 Å². The molecule has 1 unspecified atom stereocenters. The van der Waals surface area contributed by atoms with E-state index in [1.807, 2.05) is 0 Å². The first kappa shape index (κ1) is 15.0. The van der Waals surface area contributed by atoms with Gasteiger partial charge in [0.1, 0.15) is 0 Å². The number of nitrogens with zero attached hydrogens (tertiary/aromatic N) is 4. The molecule has 2 aliphatic rings. The summed E-state index contributed by atoms with van der Waals surface area (Å²) < 4.78 is 37.8. The molecule has 112 valence electrons. The van der Waals surface area contributed by atoms with Crippen molar-refractivity contribution in [3.8, 4) is 0 Å². The number of hydrogen-bond donors (Lipinski definition) is 0. The molecule has 1 aliphatic carbocycles. The zero-order chi connectivity index (χ0) is 14.8. The summed E-state index contributed by atoms with van der Waals surface area (Å²) in [5.74, 6) is -1.26. The second-order valence-electron chi connectivity index (χ2n) is 5.58. The first-order valence-corrected chi connectivity index (χ1v) is 6.79. The summed E-state index contributed by atoms with van der Waals surface area (Å²) in [7, 11) is 0. The number of rotatable bonds is 3. The molecule has 20 heavy (non-hydrogen) atoms. The molecule has 0 spiro atoms. The maximum Gasteiger partial charge on any atom is 0.391 e. The van der Waals surface area contributed by atoms with Crippen LogP contribution in [0.3, 0.4) is 0 Å². The van der Waals surface area contributed by atoms with E-state index in [-0.39, 0.29) is 37.3 Å². The molecule has 0 radical (unpaired) electrons. The second-order valence-corrected chi connectivity index (χ2v) is 5.58. The average molecular weight is 290 g/mol. The molecule has 1 saturated heterocycles. The Kier molecular flexibility index (Phi) is 4.42. The first-order chi connectivity index (χ1) is 9.41. The number of likely N-dealkylation sites (tertiary alicyclic amines) is 1. The lowest BCUT2D eigenvalue weighted by Gasteiger charge is -2.35. The number of azide groups is 1. The highest BCUT2D eigenvalue weighted by molar-refractivity contribution is 5.79. The van der Waals surface area contributed by atoms with Crippen molar-refractivity contribution in [3.63, 3.8) is 0 Å². The highest BCUT2D eigenvalue weighted by Gasteiger charge is 2.43. The van der Waals surface area contributed by atoms with Crippen LogP contribution in [0.5, 0.6) is 0 Å². The van der Waals surface area contributed by atoms with Gasteiger partial charge in [-0.25, -0.2) is 0 Å². The molecule has 0 aromatic heterocycles. The summed E-state index contributed by atoms with van der Waals surface area (Å²) >= 11 is 0. The van der Waals surface area contributed by atoms with Crippen LogP contribution in [0.15, 0.2) is 5.11 Å². The number of halogens is 3. The lowest BCUT2D eigenvalue weighted by molar-refractivity contribution is -0.184. The third-order valence-corrected chi connectivity index (χ3v) is 4.24. The zero-order valence-electron chi connectivity index (χ0n) is 11.0. The monoisotopic (exact) mass is 290 g/mol. The fourth-order valence-electron chi connectivity index (χ4n) is 3.15. The highest BCUT2D eigenvalue weighted by atomic mass is 19.4. The van der Waals surface area contributed by atoms with Gasteiger partial charge in [0.05, 0.1) is 5.92 Å². The number of amides is 1. The second kappa shape index (κ2) is 5.91. The van der Waals surface area contributed by atoms with Crippen LogP contribution in [0.1, 0.15) is 32.1 Å². The van der Waals surface area contributed by atoms with E-state index < -0.39 is 12.1 Å². The maximum absolute atomic E-state index is 12.6. The summed E-state index contributed by atoms with van der Waals surface area (Å²) in [4.78, 5) is 16.2. The Morgan fingerprint density at radius 1 is 1.30 bits per heavy atom. The Bertz CT molecular complexity index is 411. The number of carbonyl (C=O) groups is 1. The molecule has 0 aromatic carbocycles. The smallest absolute Gasteiger partial charge is 0.339 e. The van der Waals surface area contributed by atoms with Crippen LogP contribution >= 0.6 is 0 Å². The molecule has 1 saturated carbocycles. The Labute approximate surface area is 114 Å². The highest BCUT2D eigenvalue weighted by Crippen LogP contribution is 2.39. The van der Waals surface area contributed by atoms with E-state index in [4.69, 9.17) is 5.53 Å². The predicted octanol–water partition coefficient (Wildman–Crippen LogP) is 3.27. The van der Waals surface area contributed by atoms with Gasteiger partial charge in [0.2, 0.25) is 5.91 Å².